The molecule has 0 saturated carbocycles. The van der Waals surface area contributed by atoms with Gasteiger partial charge in [0.05, 0.1) is 27.8 Å². The fourth-order valence-corrected chi connectivity index (χ4v) is 4.87. The molecule has 1 aliphatic rings. The van der Waals surface area contributed by atoms with Gasteiger partial charge < -0.3 is 5.32 Å². The Morgan fingerprint density at radius 1 is 1.28 bits per heavy atom. The monoisotopic (exact) mass is 421 g/mol. The van der Waals surface area contributed by atoms with Crippen molar-refractivity contribution in [1.29, 1.82) is 0 Å². The Bertz CT molecular complexity index is 1010. The normalized spacial score (nSPS) is 15.9. The maximum atomic E-state index is 12.7. The minimum absolute atomic E-state index is 0.0116. The van der Waals surface area contributed by atoms with Crippen molar-refractivity contribution in [1.82, 2.24) is 19.4 Å². The molecule has 0 atom stereocenters. The van der Waals surface area contributed by atoms with Crippen LogP contribution in [0.4, 0.5) is 5.69 Å². The van der Waals surface area contributed by atoms with Gasteiger partial charge in [0.25, 0.3) is 5.69 Å². The molecule has 1 saturated heterocycles. The zero-order valence-corrected chi connectivity index (χ0v) is 17.1. The Labute approximate surface area is 168 Å². The van der Waals surface area contributed by atoms with Gasteiger partial charge in [-0.2, -0.15) is 9.40 Å². The van der Waals surface area contributed by atoms with Crippen LogP contribution in [0.25, 0.3) is 0 Å². The zero-order valence-electron chi connectivity index (χ0n) is 16.2. The Balaban J connectivity index is 1.57. The van der Waals surface area contributed by atoms with Gasteiger partial charge in [0.15, 0.2) is 0 Å². The van der Waals surface area contributed by atoms with Crippen molar-refractivity contribution in [3.8, 4) is 0 Å². The summed E-state index contributed by atoms with van der Waals surface area (Å²) < 4.78 is 28.5. The molecule has 156 valence electrons. The Kier molecular flexibility index (Phi) is 5.99. The first kappa shape index (κ1) is 20.9. The molecule has 10 nitrogen and oxygen atoms in total. The number of carbonyl (C=O) groups is 1. The average molecular weight is 421 g/mol. The van der Waals surface area contributed by atoms with Gasteiger partial charge >= 0.3 is 0 Å². The van der Waals surface area contributed by atoms with Crippen molar-refractivity contribution in [2.45, 2.75) is 31.2 Å². The predicted octanol–water partition coefficient (Wildman–Crippen LogP) is 1.35. The topological polar surface area (TPSA) is 127 Å². The number of sulfonamides is 1. The number of nitro benzene ring substituents is 1. The molecule has 1 aromatic carbocycles. The van der Waals surface area contributed by atoms with Crippen molar-refractivity contribution < 1.29 is 18.1 Å². The second kappa shape index (κ2) is 8.29. The van der Waals surface area contributed by atoms with E-state index >= 15 is 0 Å². The molecule has 11 heteroatoms. The van der Waals surface area contributed by atoms with Crippen molar-refractivity contribution >= 4 is 21.6 Å². The summed E-state index contributed by atoms with van der Waals surface area (Å²) in [6, 6.07) is 6.73. The number of hydrogen-bond acceptors (Lipinski definition) is 6. The number of aryl methyl sites for hydroxylation is 2. The summed E-state index contributed by atoms with van der Waals surface area (Å²) in [7, 11) is -1.93. The van der Waals surface area contributed by atoms with E-state index in [1.54, 1.807) is 4.68 Å². The van der Waals surface area contributed by atoms with Crippen LogP contribution in [0.5, 0.6) is 0 Å². The van der Waals surface area contributed by atoms with Gasteiger partial charge in [0, 0.05) is 38.2 Å². The Hall–Kier alpha value is -2.79. The van der Waals surface area contributed by atoms with Crippen molar-refractivity contribution in [2.24, 2.45) is 13.0 Å². The highest BCUT2D eigenvalue weighted by Gasteiger charge is 2.32. The van der Waals surface area contributed by atoms with E-state index < -0.39 is 14.9 Å². The standard InChI is InChI=1S/C18H23N5O5S/c1-13-11-16(21(2)20-13)12-19-18(24)14-7-9-22(10-8-14)29(27,28)17-5-3-15(4-6-17)23(25)26/h3-6,11,14H,7-10,12H2,1-2H3,(H,19,24). The number of nitrogens with one attached hydrogen (secondary N) is 1. The molecule has 0 aliphatic carbocycles. The van der Waals surface area contributed by atoms with Crippen molar-refractivity contribution in [3.63, 3.8) is 0 Å². The third kappa shape index (κ3) is 4.62. The molecule has 2 aromatic rings. The molecule has 1 aliphatic heterocycles. The van der Waals surface area contributed by atoms with E-state index in [4.69, 9.17) is 0 Å². The largest absolute Gasteiger partial charge is 0.350 e. The molecule has 0 spiro atoms. The van der Waals surface area contributed by atoms with E-state index in [1.807, 2.05) is 20.0 Å². The summed E-state index contributed by atoms with van der Waals surface area (Å²) in [5.41, 5.74) is 1.61. The van der Waals surface area contributed by atoms with Crippen LogP contribution < -0.4 is 5.32 Å². The zero-order chi connectivity index (χ0) is 21.2. The van der Waals surface area contributed by atoms with Crippen LogP contribution in [-0.4, -0.2) is 46.4 Å². The SMILES string of the molecule is Cc1cc(CNC(=O)C2CCN(S(=O)(=O)c3ccc([N+](=O)[O-])cc3)CC2)n(C)n1. The van der Waals surface area contributed by atoms with E-state index in [0.29, 0.717) is 19.4 Å². The third-order valence-corrected chi connectivity index (χ3v) is 6.97. The van der Waals surface area contributed by atoms with E-state index in [9.17, 15) is 23.3 Å². The van der Waals surface area contributed by atoms with Gasteiger partial charge in [-0.15, -0.1) is 0 Å². The lowest BCUT2D eigenvalue weighted by molar-refractivity contribution is -0.384. The number of amides is 1. The summed E-state index contributed by atoms with van der Waals surface area (Å²) in [6.45, 7) is 2.70. The molecule has 2 heterocycles. The summed E-state index contributed by atoms with van der Waals surface area (Å²) in [5, 5.41) is 17.9. The highest BCUT2D eigenvalue weighted by Crippen LogP contribution is 2.25. The molecule has 0 bridgehead atoms. The molecule has 0 radical (unpaired) electrons. The van der Waals surface area contributed by atoms with E-state index in [1.165, 1.54) is 28.6 Å². The van der Waals surface area contributed by atoms with Gasteiger partial charge in [0.2, 0.25) is 15.9 Å². The number of nitrogens with zero attached hydrogens (tertiary/aromatic N) is 4. The number of hydrogen-bond donors (Lipinski definition) is 1. The maximum Gasteiger partial charge on any atom is 0.269 e. The lowest BCUT2D eigenvalue weighted by atomic mass is 9.97. The van der Waals surface area contributed by atoms with Crippen LogP contribution in [0.2, 0.25) is 0 Å². The van der Waals surface area contributed by atoms with E-state index in [0.717, 1.165) is 11.4 Å². The van der Waals surface area contributed by atoms with Crippen molar-refractivity contribution in [3.05, 3.63) is 51.8 Å². The van der Waals surface area contributed by atoms with Gasteiger partial charge in [0.1, 0.15) is 0 Å². The minimum Gasteiger partial charge on any atom is -0.350 e. The summed E-state index contributed by atoms with van der Waals surface area (Å²) in [4.78, 5) is 22.6. The van der Waals surface area contributed by atoms with Gasteiger partial charge in [-0.1, -0.05) is 0 Å². The smallest absolute Gasteiger partial charge is 0.269 e. The van der Waals surface area contributed by atoms with Gasteiger partial charge in [-0.05, 0) is 38.0 Å². The quantitative estimate of drug-likeness (QED) is 0.554. The summed E-state index contributed by atoms with van der Waals surface area (Å²) >= 11 is 0. The van der Waals surface area contributed by atoms with Crippen LogP contribution >= 0.6 is 0 Å². The molecule has 0 unspecified atom stereocenters. The molecular formula is C18H23N5O5S. The van der Waals surface area contributed by atoms with Crippen LogP contribution in [0, 0.1) is 23.0 Å². The fourth-order valence-electron chi connectivity index (χ4n) is 3.40. The number of aromatic nitrogens is 2. The molecule has 1 aromatic heterocycles. The van der Waals surface area contributed by atoms with E-state index in [-0.39, 0.29) is 35.5 Å². The predicted molar refractivity (Wildman–Crippen MR) is 104 cm³/mol. The number of carbonyl (C=O) groups excluding carboxylic acids is 1. The first-order valence-corrected chi connectivity index (χ1v) is 10.6. The van der Waals surface area contributed by atoms with E-state index in [2.05, 4.69) is 10.4 Å². The molecule has 29 heavy (non-hydrogen) atoms. The van der Waals surface area contributed by atoms with Crippen LogP contribution in [0.1, 0.15) is 24.2 Å². The molecular weight excluding hydrogens is 398 g/mol. The van der Waals surface area contributed by atoms with Crippen LogP contribution in [0.3, 0.4) is 0 Å². The Morgan fingerprint density at radius 3 is 2.41 bits per heavy atom. The summed E-state index contributed by atoms with van der Waals surface area (Å²) in [6.07, 6.45) is 0.838. The highest BCUT2D eigenvalue weighted by molar-refractivity contribution is 7.89. The molecule has 1 N–H and O–H groups in total. The number of non-ortho nitro benzene ring substituents is 1. The second-order valence-corrected chi connectivity index (χ2v) is 8.99. The summed E-state index contributed by atoms with van der Waals surface area (Å²) in [5.74, 6) is -0.358. The lowest BCUT2D eigenvalue weighted by Crippen LogP contribution is -2.42. The molecule has 1 amide bonds. The second-order valence-electron chi connectivity index (χ2n) is 7.05. The Morgan fingerprint density at radius 2 is 1.90 bits per heavy atom. The minimum atomic E-state index is -3.74. The lowest BCUT2D eigenvalue weighted by Gasteiger charge is -2.30. The number of piperidine rings is 1. The number of benzene rings is 1. The molecule has 1 fully saturated rings. The van der Waals surface area contributed by atoms with Gasteiger partial charge in [-0.25, -0.2) is 8.42 Å². The number of rotatable bonds is 6. The first-order chi connectivity index (χ1) is 13.7. The first-order valence-electron chi connectivity index (χ1n) is 9.20. The van der Waals surface area contributed by atoms with Gasteiger partial charge in [-0.3, -0.25) is 19.6 Å². The third-order valence-electron chi connectivity index (χ3n) is 5.05. The highest BCUT2D eigenvalue weighted by atomic mass is 32.2. The van der Waals surface area contributed by atoms with Crippen LogP contribution in [0.15, 0.2) is 35.2 Å². The average Bonchev–Trinajstić information content (AvgIpc) is 3.03. The van der Waals surface area contributed by atoms with Crippen LogP contribution in [-0.2, 0) is 28.4 Å². The molecule has 3 rings (SSSR count). The number of nitro groups is 1. The van der Waals surface area contributed by atoms with Crippen molar-refractivity contribution in [2.75, 3.05) is 13.1 Å². The maximum absolute atomic E-state index is 12.7. The fraction of sp³-hybridized carbons (Fsp3) is 0.444.